The maximum Gasteiger partial charge on any atom is 0.245 e. The van der Waals surface area contributed by atoms with Gasteiger partial charge in [0.1, 0.15) is 4.90 Å². The average Bonchev–Trinajstić information content (AvgIpc) is 2.45. The van der Waals surface area contributed by atoms with E-state index in [2.05, 4.69) is 4.98 Å². The third-order valence-electron chi connectivity index (χ3n) is 4.25. The lowest BCUT2D eigenvalue weighted by Gasteiger charge is -2.35. The van der Waals surface area contributed by atoms with Gasteiger partial charge in [0, 0.05) is 30.2 Å². The largest absolute Gasteiger partial charge is 0.328 e. The molecule has 5 nitrogen and oxygen atoms in total. The predicted molar refractivity (Wildman–Crippen MR) is 87.0 cm³/mol. The van der Waals surface area contributed by atoms with E-state index < -0.39 is 10.0 Å². The first-order valence-electron chi connectivity index (χ1n) is 7.52. The van der Waals surface area contributed by atoms with Crippen LogP contribution >= 0.6 is 0 Å². The van der Waals surface area contributed by atoms with Gasteiger partial charge in [-0.15, -0.1) is 0 Å². The van der Waals surface area contributed by atoms with Crippen molar-refractivity contribution in [1.82, 2.24) is 9.29 Å². The number of hydrogen-bond acceptors (Lipinski definition) is 4. The molecule has 0 amide bonds. The molecule has 0 unspecified atom stereocenters. The zero-order valence-electron chi connectivity index (χ0n) is 12.9. The van der Waals surface area contributed by atoms with Crippen LogP contribution in [0.3, 0.4) is 0 Å². The summed E-state index contributed by atoms with van der Waals surface area (Å²) >= 11 is 0. The summed E-state index contributed by atoms with van der Waals surface area (Å²) in [5.41, 5.74) is 7.49. The first kappa shape index (κ1) is 15.4. The second kappa shape index (κ2) is 5.61. The average molecular weight is 319 g/mol. The molecule has 2 aromatic rings. The van der Waals surface area contributed by atoms with Gasteiger partial charge in [-0.3, -0.25) is 4.98 Å². The van der Waals surface area contributed by atoms with Gasteiger partial charge in [0.25, 0.3) is 0 Å². The molecule has 0 saturated carbocycles. The topological polar surface area (TPSA) is 76.3 Å². The smallest absolute Gasteiger partial charge is 0.245 e. The minimum atomic E-state index is -3.56. The van der Waals surface area contributed by atoms with Gasteiger partial charge in [-0.2, -0.15) is 4.31 Å². The molecule has 0 aliphatic carbocycles. The zero-order chi connectivity index (χ0) is 15.9. The summed E-state index contributed by atoms with van der Waals surface area (Å²) in [6.45, 7) is 4.33. The summed E-state index contributed by atoms with van der Waals surface area (Å²) in [5, 5.41) is 0.849. The van der Waals surface area contributed by atoms with Crippen molar-refractivity contribution in [1.29, 1.82) is 0 Å². The SMILES string of the molecule is Cc1cnc2c(S(=O)(=O)N3CC[C@H](N)C[C@H]3C)cccc2c1. The number of aromatic nitrogens is 1. The van der Waals surface area contributed by atoms with Crippen LogP contribution in [-0.4, -0.2) is 36.3 Å². The highest BCUT2D eigenvalue weighted by molar-refractivity contribution is 7.89. The number of rotatable bonds is 2. The molecule has 3 rings (SSSR count). The lowest BCUT2D eigenvalue weighted by atomic mass is 10.0. The van der Waals surface area contributed by atoms with E-state index in [1.165, 1.54) is 0 Å². The number of benzene rings is 1. The molecular weight excluding hydrogens is 298 g/mol. The normalized spacial score (nSPS) is 23.8. The van der Waals surface area contributed by atoms with Gasteiger partial charge in [0.2, 0.25) is 10.0 Å². The second-order valence-corrected chi connectivity index (χ2v) is 7.95. The number of hydrogen-bond donors (Lipinski definition) is 1. The Balaban J connectivity index is 2.10. The highest BCUT2D eigenvalue weighted by Gasteiger charge is 2.34. The molecule has 1 aromatic heterocycles. The van der Waals surface area contributed by atoms with Crippen LogP contribution in [0.2, 0.25) is 0 Å². The second-order valence-electron chi connectivity index (χ2n) is 6.09. The van der Waals surface area contributed by atoms with Gasteiger partial charge in [-0.25, -0.2) is 8.42 Å². The monoisotopic (exact) mass is 319 g/mol. The van der Waals surface area contributed by atoms with Crippen molar-refractivity contribution in [2.24, 2.45) is 5.73 Å². The summed E-state index contributed by atoms with van der Waals surface area (Å²) < 4.78 is 27.7. The first-order valence-corrected chi connectivity index (χ1v) is 8.96. The number of piperidine rings is 1. The Bertz CT molecular complexity index is 804. The highest BCUT2D eigenvalue weighted by atomic mass is 32.2. The number of aryl methyl sites for hydroxylation is 1. The molecule has 1 aromatic carbocycles. The van der Waals surface area contributed by atoms with Gasteiger partial charge < -0.3 is 5.73 Å². The number of sulfonamides is 1. The molecule has 6 heteroatoms. The lowest BCUT2D eigenvalue weighted by Crippen LogP contribution is -2.48. The fourth-order valence-electron chi connectivity index (χ4n) is 3.12. The van der Waals surface area contributed by atoms with E-state index in [0.29, 0.717) is 24.9 Å². The quantitative estimate of drug-likeness (QED) is 0.919. The van der Waals surface area contributed by atoms with E-state index >= 15 is 0 Å². The van der Waals surface area contributed by atoms with Crippen LogP contribution in [0, 0.1) is 6.92 Å². The van der Waals surface area contributed by atoms with E-state index in [1.807, 2.05) is 26.0 Å². The van der Waals surface area contributed by atoms with Crippen LogP contribution in [0.25, 0.3) is 10.9 Å². The molecule has 2 heterocycles. The minimum Gasteiger partial charge on any atom is -0.328 e. The van der Waals surface area contributed by atoms with Crippen molar-refractivity contribution < 1.29 is 8.42 Å². The van der Waals surface area contributed by atoms with Crippen molar-refractivity contribution in [2.75, 3.05) is 6.54 Å². The molecule has 0 bridgehead atoms. The molecule has 1 saturated heterocycles. The van der Waals surface area contributed by atoms with Crippen LogP contribution in [-0.2, 0) is 10.0 Å². The fraction of sp³-hybridized carbons (Fsp3) is 0.438. The summed E-state index contributed by atoms with van der Waals surface area (Å²) in [6.07, 6.45) is 3.09. The molecule has 0 spiro atoms. The molecular formula is C16H21N3O2S. The van der Waals surface area contributed by atoms with Crippen molar-refractivity contribution >= 4 is 20.9 Å². The van der Waals surface area contributed by atoms with Gasteiger partial charge in [0.05, 0.1) is 5.52 Å². The number of nitrogens with two attached hydrogens (primary N) is 1. The first-order chi connectivity index (χ1) is 10.4. The molecule has 1 fully saturated rings. The molecule has 22 heavy (non-hydrogen) atoms. The molecule has 1 aliphatic rings. The predicted octanol–water partition coefficient (Wildman–Crippen LogP) is 2.04. The van der Waals surface area contributed by atoms with Crippen molar-refractivity contribution in [3.05, 3.63) is 36.0 Å². The van der Waals surface area contributed by atoms with E-state index in [0.717, 1.165) is 10.9 Å². The number of para-hydroxylation sites is 1. The van der Waals surface area contributed by atoms with E-state index in [1.54, 1.807) is 22.6 Å². The van der Waals surface area contributed by atoms with Crippen LogP contribution in [0.4, 0.5) is 0 Å². The van der Waals surface area contributed by atoms with Crippen molar-refractivity contribution in [3.8, 4) is 0 Å². The third-order valence-corrected chi connectivity index (χ3v) is 6.30. The molecule has 0 radical (unpaired) electrons. The summed E-state index contributed by atoms with van der Waals surface area (Å²) in [7, 11) is -3.56. The standard InChI is InChI=1S/C16H21N3O2S/c1-11-8-13-4-3-5-15(16(13)18-10-11)22(20,21)19-7-6-14(17)9-12(19)2/h3-5,8,10,12,14H,6-7,9,17H2,1-2H3/t12-,14+/m1/s1. The number of nitrogens with zero attached hydrogens (tertiary/aromatic N) is 2. The number of fused-ring (bicyclic) bond motifs is 1. The van der Waals surface area contributed by atoms with Gasteiger partial charge >= 0.3 is 0 Å². The zero-order valence-corrected chi connectivity index (χ0v) is 13.7. The summed E-state index contributed by atoms with van der Waals surface area (Å²) in [5.74, 6) is 0. The van der Waals surface area contributed by atoms with E-state index in [-0.39, 0.29) is 17.0 Å². The summed E-state index contributed by atoms with van der Waals surface area (Å²) in [4.78, 5) is 4.64. The maximum absolute atomic E-state index is 13.0. The molecule has 1 aliphatic heterocycles. The van der Waals surface area contributed by atoms with E-state index in [4.69, 9.17) is 5.73 Å². The third kappa shape index (κ3) is 2.62. The Morgan fingerprint density at radius 3 is 2.86 bits per heavy atom. The Hall–Kier alpha value is -1.50. The Kier molecular flexibility index (Phi) is 3.92. The molecule has 118 valence electrons. The van der Waals surface area contributed by atoms with Gasteiger partial charge in [-0.1, -0.05) is 12.1 Å². The summed E-state index contributed by atoms with van der Waals surface area (Å²) in [6, 6.07) is 7.25. The van der Waals surface area contributed by atoms with Gasteiger partial charge in [-0.05, 0) is 44.4 Å². The molecule has 2 N–H and O–H groups in total. The van der Waals surface area contributed by atoms with E-state index in [9.17, 15) is 8.42 Å². The van der Waals surface area contributed by atoms with Crippen LogP contribution in [0.15, 0.2) is 35.4 Å². The van der Waals surface area contributed by atoms with Crippen LogP contribution in [0.1, 0.15) is 25.3 Å². The Morgan fingerprint density at radius 1 is 1.36 bits per heavy atom. The molecule has 2 atom stereocenters. The maximum atomic E-state index is 13.0. The van der Waals surface area contributed by atoms with Crippen LogP contribution < -0.4 is 5.73 Å². The lowest BCUT2D eigenvalue weighted by molar-refractivity contribution is 0.247. The van der Waals surface area contributed by atoms with Crippen molar-refractivity contribution in [2.45, 2.75) is 43.7 Å². The van der Waals surface area contributed by atoms with Crippen LogP contribution in [0.5, 0.6) is 0 Å². The Morgan fingerprint density at radius 2 is 2.14 bits per heavy atom. The Labute approximate surface area is 131 Å². The van der Waals surface area contributed by atoms with Crippen molar-refractivity contribution in [3.63, 3.8) is 0 Å². The number of pyridine rings is 1. The van der Waals surface area contributed by atoms with Gasteiger partial charge in [0.15, 0.2) is 0 Å². The fourth-order valence-corrected chi connectivity index (χ4v) is 4.95. The minimum absolute atomic E-state index is 0.0785. The highest BCUT2D eigenvalue weighted by Crippen LogP contribution is 2.29.